The minimum absolute atomic E-state index is 0.180. The van der Waals surface area contributed by atoms with Crippen LogP contribution in [0.5, 0.6) is 5.75 Å². The average Bonchev–Trinajstić information content (AvgIpc) is 2.28. The fraction of sp³-hybridized carbons (Fsp3) is 0.214. The number of aromatic amines is 1. The molecule has 0 saturated carbocycles. The first-order valence-electron chi connectivity index (χ1n) is 5.61. The Kier molecular flexibility index (Phi) is 3.59. The van der Waals surface area contributed by atoms with Gasteiger partial charge in [0, 0.05) is 22.0 Å². The fourth-order valence-electron chi connectivity index (χ4n) is 1.62. The van der Waals surface area contributed by atoms with Crippen LogP contribution in [0.3, 0.4) is 0 Å². The summed E-state index contributed by atoms with van der Waals surface area (Å²) in [7, 11) is 0. The lowest BCUT2D eigenvalue weighted by Crippen LogP contribution is -2.05. The zero-order valence-corrected chi connectivity index (χ0v) is 10.8. The SMILES string of the molecule is CC(C)Oc1cccc(-c2cc(=S)cc[nH]2)c1. The van der Waals surface area contributed by atoms with Crippen LogP contribution in [0.15, 0.2) is 42.6 Å². The maximum Gasteiger partial charge on any atom is 0.120 e. The average molecular weight is 245 g/mol. The molecular weight excluding hydrogens is 230 g/mol. The van der Waals surface area contributed by atoms with E-state index in [0.717, 1.165) is 21.5 Å². The van der Waals surface area contributed by atoms with Gasteiger partial charge in [-0.2, -0.15) is 0 Å². The third-order valence-corrected chi connectivity index (χ3v) is 2.54. The van der Waals surface area contributed by atoms with E-state index in [1.807, 2.05) is 56.4 Å². The topological polar surface area (TPSA) is 25.0 Å². The van der Waals surface area contributed by atoms with E-state index in [0.29, 0.717) is 0 Å². The molecule has 0 aliphatic heterocycles. The van der Waals surface area contributed by atoms with Gasteiger partial charge in [0.15, 0.2) is 0 Å². The smallest absolute Gasteiger partial charge is 0.120 e. The highest BCUT2D eigenvalue weighted by Crippen LogP contribution is 2.22. The molecule has 88 valence electrons. The molecule has 0 saturated heterocycles. The molecule has 0 aliphatic rings. The van der Waals surface area contributed by atoms with Crippen LogP contribution in [0.4, 0.5) is 0 Å². The van der Waals surface area contributed by atoms with Crippen LogP contribution >= 0.6 is 12.2 Å². The van der Waals surface area contributed by atoms with Crippen molar-refractivity contribution in [2.75, 3.05) is 0 Å². The summed E-state index contributed by atoms with van der Waals surface area (Å²) in [6, 6.07) is 11.8. The van der Waals surface area contributed by atoms with Crippen LogP contribution in [-0.2, 0) is 0 Å². The standard InChI is InChI=1S/C14H15NOS/c1-10(2)16-12-5-3-4-11(8-12)14-9-13(17)6-7-15-14/h3-10H,1-2H3,(H,15,17). The van der Waals surface area contributed by atoms with Crippen LogP contribution in [0.1, 0.15) is 13.8 Å². The molecule has 0 amide bonds. The molecule has 0 fully saturated rings. The van der Waals surface area contributed by atoms with Gasteiger partial charge in [0.05, 0.1) is 6.10 Å². The normalized spacial score (nSPS) is 10.5. The molecule has 0 unspecified atom stereocenters. The summed E-state index contributed by atoms with van der Waals surface area (Å²) in [6.07, 6.45) is 2.03. The number of nitrogens with one attached hydrogen (secondary N) is 1. The van der Waals surface area contributed by atoms with Gasteiger partial charge in [-0.25, -0.2) is 0 Å². The first kappa shape index (κ1) is 11.9. The van der Waals surface area contributed by atoms with E-state index in [1.165, 1.54) is 0 Å². The number of ether oxygens (including phenoxy) is 1. The number of hydrogen-bond acceptors (Lipinski definition) is 2. The van der Waals surface area contributed by atoms with Crippen molar-refractivity contribution in [3.63, 3.8) is 0 Å². The van der Waals surface area contributed by atoms with Crippen molar-refractivity contribution in [3.8, 4) is 17.0 Å². The third kappa shape index (κ3) is 3.17. The van der Waals surface area contributed by atoms with Crippen LogP contribution in [-0.4, -0.2) is 11.1 Å². The number of rotatable bonds is 3. The van der Waals surface area contributed by atoms with Gasteiger partial charge in [-0.05, 0) is 38.1 Å². The van der Waals surface area contributed by atoms with Crippen molar-refractivity contribution in [2.45, 2.75) is 20.0 Å². The predicted octanol–water partition coefficient (Wildman–Crippen LogP) is 4.20. The monoisotopic (exact) mass is 245 g/mol. The van der Waals surface area contributed by atoms with Gasteiger partial charge >= 0.3 is 0 Å². The van der Waals surface area contributed by atoms with E-state index in [1.54, 1.807) is 0 Å². The fourth-order valence-corrected chi connectivity index (χ4v) is 1.81. The Bertz CT molecular complexity index is 560. The highest BCUT2D eigenvalue weighted by molar-refractivity contribution is 7.71. The van der Waals surface area contributed by atoms with Gasteiger partial charge < -0.3 is 9.72 Å². The summed E-state index contributed by atoms with van der Waals surface area (Å²) < 4.78 is 6.49. The van der Waals surface area contributed by atoms with Crippen LogP contribution in [0.2, 0.25) is 0 Å². The lowest BCUT2D eigenvalue weighted by Gasteiger charge is -2.10. The zero-order chi connectivity index (χ0) is 12.3. The van der Waals surface area contributed by atoms with Crippen molar-refractivity contribution >= 4 is 12.2 Å². The van der Waals surface area contributed by atoms with Crippen LogP contribution in [0.25, 0.3) is 11.3 Å². The molecule has 0 radical (unpaired) electrons. The number of aromatic nitrogens is 1. The minimum atomic E-state index is 0.180. The van der Waals surface area contributed by atoms with Gasteiger partial charge in [0.2, 0.25) is 0 Å². The number of benzene rings is 1. The lowest BCUT2D eigenvalue weighted by atomic mass is 10.1. The highest BCUT2D eigenvalue weighted by Gasteiger charge is 2.01. The van der Waals surface area contributed by atoms with E-state index in [2.05, 4.69) is 4.98 Å². The summed E-state index contributed by atoms with van der Waals surface area (Å²) in [6.45, 7) is 4.03. The molecular formula is C14H15NOS. The van der Waals surface area contributed by atoms with E-state index in [9.17, 15) is 0 Å². The summed E-state index contributed by atoms with van der Waals surface area (Å²) in [5.41, 5.74) is 2.08. The van der Waals surface area contributed by atoms with Crippen LogP contribution < -0.4 is 4.74 Å². The Morgan fingerprint density at radius 3 is 2.71 bits per heavy atom. The van der Waals surface area contributed by atoms with E-state index in [-0.39, 0.29) is 6.10 Å². The Labute approximate surface area is 106 Å². The molecule has 0 spiro atoms. The lowest BCUT2D eigenvalue weighted by molar-refractivity contribution is 0.242. The summed E-state index contributed by atoms with van der Waals surface area (Å²) in [5, 5.41) is 0. The third-order valence-electron chi connectivity index (χ3n) is 2.29. The van der Waals surface area contributed by atoms with Crippen molar-refractivity contribution in [1.82, 2.24) is 4.98 Å². The zero-order valence-electron chi connectivity index (χ0n) is 9.94. The van der Waals surface area contributed by atoms with Crippen molar-refractivity contribution < 1.29 is 4.74 Å². The second kappa shape index (κ2) is 5.15. The van der Waals surface area contributed by atoms with Crippen molar-refractivity contribution in [2.24, 2.45) is 0 Å². The Balaban J connectivity index is 2.36. The molecule has 17 heavy (non-hydrogen) atoms. The highest BCUT2D eigenvalue weighted by atomic mass is 32.1. The van der Waals surface area contributed by atoms with E-state index >= 15 is 0 Å². The quantitative estimate of drug-likeness (QED) is 0.820. The van der Waals surface area contributed by atoms with Crippen LogP contribution in [0, 0.1) is 4.51 Å². The largest absolute Gasteiger partial charge is 0.491 e. The Morgan fingerprint density at radius 2 is 2.00 bits per heavy atom. The van der Waals surface area contributed by atoms with Crippen molar-refractivity contribution in [1.29, 1.82) is 0 Å². The molecule has 3 heteroatoms. The maximum absolute atomic E-state index is 5.67. The molecule has 1 aromatic carbocycles. The summed E-state index contributed by atoms with van der Waals surface area (Å²) in [5.74, 6) is 0.876. The molecule has 2 nitrogen and oxygen atoms in total. The molecule has 1 N–H and O–H groups in total. The number of hydrogen-bond donors (Lipinski definition) is 1. The first-order chi connectivity index (χ1) is 8.15. The second-order valence-corrected chi connectivity index (χ2v) is 4.60. The first-order valence-corrected chi connectivity index (χ1v) is 6.02. The summed E-state index contributed by atoms with van der Waals surface area (Å²) in [4.78, 5) is 3.18. The molecule has 1 aromatic heterocycles. The molecule has 0 aliphatic carbocycles. The Hall–Kier alpha value is -1.61. The number of pyridine rings is 1. The molecule has 0 atom stereocenters. The van der Waals surface area contributed by atoms with Gasteiger partial charge in [-0.15, -0.1) is 0 Å². The van der Waals surface area contributed by atoms with Gasteiger partial charge in [0.25, 0.3) is 0 Å². The molecule has 0 bridgehead atoms. The summed E-state index contributed by atoms with van der Waals surface area (Å²) >= 11 is 5.15. The number of H-pyrrole nitrogens is 1. The minimum Gasteiger partial charge on any atom is -0.491 e. The molecule has 1 heterocycles. The molecule has 2 rings (SSSR count). The molecule has 2 aromatic rings. The second-order valence-electron chi connectivity index (χ2n) is 4.13. The van der Waals surface area contributed by atoms with Gasteiger partial charge in [-0.1, -0.05) is 24.4 Å². The predicted molar refractivity (Wildman–Crippen MR) is 72.8 cm³/mol. The maximum atomic E-state index is 5.67. The van der Waals surface area contributed by atoms with Gasteiger partial charge in [-0.3, -0.25) is 0 Å². The Morgan fingerprint density at radius 1 is 1.18 bits per heavy atom. The van der Waals surface area contributed by atoms with E-state index in [4.69, 9.17) is 17.0 Å². The van der Waals surface area contributed by atoms with E-state index < -0.39 is 0 Å². The van der Waals surface area contributed by atoms with Crippen molar-refractivity contribution in [3.05, 3.63) is 47.1 Å². The van der Waals surface area contributed by atoms with Gasteiger partial charge in [0.1, 0.15) is 5.75 Å².